The Hall–Kier alpha value is -2.65. The molecule has 1 heterocycles. The van der Waals surface area contributed by atoms with Crippen LogP contribution in [0.1, 0.15) is 29.6 Å². The number of hydrogen-bond acceptors (Lipinski definition) is 6. The Kier molecular flexibility index (Phi) is 7.50. The summed E-state index contributed by atoms with van der Waals surface area (Å²) in [7, 11) is -0.781. The quantitative estimate of drug-likeness (QED) is 0.431. The van der Waals surface area contributed by atoms with Gasteiger partial charge in [-0.25, -0.2) is 21.9 Å². The highest BCUT2D eigenvalue weighted by atomic mass is 32.2. The third kappa shape index (κ3) is 5.74. The summed E-state index contributed by atoms with van der Waals surface area (Å²) >= 11 is 0. The number of anilines is 1. The molecule has 168 valence electrons. The Balaban J connectivity index is 1.66. The molecule has 7 nitrogen and oxygen atoms in total. The average Bonchev–Trinajstić information content (AvgIpc) is 3.29. The molecule has 1 saturated heterocycles. The van der Waals surface area contributed by atoms with Crippen LogP contribution in [0.25, 0.3) is 0 Å². The molecule has 0 unspecified atom stereocenters. The molecule has 3 rings (SSSR count). The van der Waals surface area contributed by atoms with Crippen LogP contribution >= 0.6 is 0 Å². The molecule has 1 aliphatic heterocycles. The number of nitrogens with zero attached hydrogens (tertiary/aromatic N) is 2. The molecule has 1 fully saturated rings. The number of carbonyl (C=O) groups is 1. The minimum absolute atomic E-state index is 0.0482. The van der Waals surface area contributed by atoms with Crippen LogP contribution in [0, 0.1) is 5.82 Å². The second kappa shape index (κ2) is 10.1. The van der Waals surface area contributed by atoms with Crippen molar-refractivity contribution in [2.75, 3.05) is 45.3 Å². The highest BCUT2D eigenvalue weighted by Crippen LogP contribution is 2.28. The first-order valence-corrected chi connectivity index (χ1v) is 11.6. The summed E-state index contributed by atoms with van der Waals surface area (Å²) in [6, 6.07) is 10.3. The van der Waals surface area contributed by atoms with Crippen molar-refractivity contribution in [3.05, 3.63) is 53.8 Å². The molecule has 0 saturated carbocycles. The van der Waals surface area contributed by atoms with E-state index < -0.39 is 16.0 Å². The summed E-state index contributed by atoms with van der Waals surface area (Å²) in [5, 5.41) is 0. The number of sulfonamides is 1. The highest BCUT2D eigenvalue weighted by Gasteiger charge is 2.25. The van der Waals surface area contributed by atoms with Crippen molar-refractivity contribution < 1.29 is 27.1 Å². The van der Waals surface area contributed by atoms with Crippen LogP contribution in [0.2, 0.25) is 0 Å². The van der Waals surface area contributed by atoms with Crippen molar-refractivity contribution in [1.82, 2.24) is 4.31 Å². The van der Waals surface area contributed by atoms with E-state index in [0.717, 1.165) is 30.2 Å². The van der Waals surface area contributed by atoms with Gasteiger partial charge in [0.1, 0.15) is 11.6 Å². The van der Waals surface area contributed by atoms with Crippen molar-refractivity contribution >= 4 is 21.7 Å². The summed E-state index contributed by atoms with van der Waals surface area (Å²) < 4.78 is 49.9. The van der Waals surface area contributed by atoms with Crippen molar-refractivity contribution in [3.8, 4) is 5.75 Å². The normalized spacial score (nSPS) is 14.1. The summed E-state index contributed by atoms with van der Waals surface area (Å²) in [5.41, 5.74) is 0.923. The number of esters is 1. The van der Waals surface area contributed by atoms with Crippen LogP contribution in [0.5, 0.6) is 5.75 Å². The summed E-state index contributed by atoms with van der Waals surface area (Å²) in [5.74, 6) is -0.376. The fraction of sp³-hybridized carbons (Fsp3) is 0.409. The highest BCUT2D eigenvalue weighted by molar-refractivity contribution is 7.89. The Bertz CT molecular complexity index is 1000. The number of carbonyl (C=O) groups excluding carboxylic acids is 1. The topological polar surface area (TPSA) is 76.2 Å². The molecule has 0 amide bonds. The summed E-state index contributed by atoms with van der Waals surface area (Å²) in [6.07, 6.45) is 2.48. The molecule has 0 N–H and O–H groups in total. The molecule has 0 aliphatic carbocycles. The Morgan fingerprint density at radius 2 is 1.74 bits per heavy atom. The van der Waals surface area contributed by atoms with Crippen LogP contribution in [-0.2, 0) is 14.8 Å². The zero-order valence-corrected chi connectivity index (χ0v) is 18.5. The van der Waals surface area contributed by atoms with E-state index in [4.69, 9.17) is 9.47 Å². The Morgan fingerprint density at radius 1 is 1.06 bits per heavy atom. The molecule has 9 heteroatoms. The van der Waals surface area contributed by atoms with Crippen LogP contribution in [0.15, 0.2) is 47.4 Å². The molecule has 0 bridgehead atoms. The lowest BCUT2D eigenvalue weighted by molar-refractivity contribution is 0.0486. The Labute approximate surface area is 182 Å². The van der Waals surface area contributed by atoms with Crippen LogP contribution in [0.3, 0.4) is 0 Å². The molecule has 0 spiro atoms. The molecule has 0 atom stereocenters. The molecular weight excluding hydrogens is 423 g/mol. The predicted molar refractivity (Wildman–Crippen MR) is 116 cm³/mol. The van der Waals surface area contributed by atoms with E-state index >= 15 is 0 Å². The van der Waals surface area contributed by atoms with Gasteiger partial charge in [-0.2, -0.15) is 0 Å². The van der Waals surface area contributed by atoms with Crippen molar-refractivity contribution in [2.24, 2.45) is 0 Å². The van der Waals surface area contributed by atoms with E-state index in [1.54, 1.807) is 6.07 Å². The van der Waals surface area contributed by atoms with Gasteiger partial charge < -0.3 is 14.4 Å². The fourth-order valence-corrected chi connectivity index (χ4v) is 4.23. The molecule has 0 radical (unpaired) electrons. The first-order chi connectivity index (χ1) is 14.8. The van der Waals surface area contributed by atoms with E-state index in [1.165, 1.54) is 50.5 Å². The molecular formula is C22H27FN2O5S. The maximum Gasteiger partial charge on any atom is 0.340 e. The van der Waals surface area contributed by atoms with Gasteiger partial charge in [0.15, 0.2) is 0 Å². The molecule has 0 aromatic heterocycles. The monoisotopic (exact) mass is 450 g/mol. The number of ether oxygens (including phenoxy) is 2. The van der Waals surface area contributed by atoms with Crippen molar-refractivity contribution in [2.45, 2.75) is 24.2 Å². The average molecular weight is 451 g/mol. The predicted octanol–water partition coefficient (Wildman–Crippen LogP) is 3.30. The minimum atomic E-state index is -3.68. The van der Waals surface area contributed by atoms with E-state index in [0.29, 0.717) is 24.5 Å². The van der Waals surface area contributed by atoms with Gasteiger partial charge in [-0.05, 0) is 55.3 Å². The smallest absolute Gasteiger partial charge is 0.340 e. The fourth-order valence-electron chi connectivity index (χ4n) is 3.31. The van der Waals surface area contributed by atoms with Crippen LogP contribution < -0.4 is 9.64 Å². The standard InChI is InChI=1S/C22H27FN2O5S/c1-24(2)31(27,28)19-10-11-21(25-12-3-4-13-25)20(16-19)22(26)30-15-5-14-29-18-8-6-17(23)7-9-18/h6-11,16H,3-5,12-15H2,1-2H3. The first-order valence-electron chi connectivity index (χ1n) is 10.2. The van der Waals surface area contributed by atoms with Gasteiger partial charge in [0.05, 0.1) is 29.4 Å². The molecule has 2 aromatic carbocycles. The number of rotatable bonds is 9. The van der Waals surface area contributed by atoms with Gasteiger partial charge in [0, 0.05) is 33.6 Å². The zero-order chi connectivity index (χ0) is 22.4. The third-order valence-electron chi connectivity index (χ3n) is 5.02. The summed E-state index contributed by atoms with van der Waals surface area (Å²) in [6.45, 7) is 2.04. The minimum Gasteiger partial charge on any atom is -0.493 e. The van der Waals surface area contributed by atoms with Gasteiger partial charge in [0.2, 0.25) is 10.0 Å². The maximum absolute atomic E-state index is 12.9. The van der Waals surface area contributed by atoms with Crippen molar-refractivity contribution in [1.29, 1.82) is 0 Å². The second-order valence-corrected chi connectivity index (χ2v) is 9.60. The van der Waals surface area contributed by atoms with Crippen LogP contribution in [0.4, 0.5) is 10.1 Å². The first kappa shape index (κ1) is 23.0. The van der Waals surface area contributed by atoms with E-state index in [9.17, 15) is 17.6 Å². The van der Waals surface area contributed by atoms with Gasteiger partial charge in [-0.15, -0.1) is 0 Å². The number of halogens is 1. The van der Waals surface area contributed by atoms with Gasteiger partial charge in [-0.3, -0.25) is 0 Å². The van der Waals surface area contributed by atoms with Crippen molar-refractivity contribution in [3.63, 3.8) is 0 Å². The third-order valence-corrected chi connectivity index (χ3v) is 6.83. The lowest BCUT2D eigenvalue weighted by Gasteiger charge is -2.22. The maximum atomic E-state index is 12.9. The van der Waals surface area contributed by atoms with Gasteiger partial charge >= 0.3 is 5.97 Å². The zero-order valence-electron chi connectivity index (χ0n) is 17.7. The number of hydrogen-bond donors (Lipinski definition) is 0. The van der Waals surface area contributed by atoms with Gasteiger partial charge in [0.25, 0.3) is 0 Å². The lowest BCUT2D eigenvalue weighted by atomic mass is 10.1. The largest absolute Gasteiger partial charge is 0.493 e. The van der Waals surface area contributed by atoms with E-state index in [2.05, 4.69) is 4.90 Å². The van der Waals surface area contributed by atoms with E-state index in [1.807, 2.05) is 0 Å². The lowest BCUT2D eigenvalue weighted by Crippen LogP contribution is -2.25. The SMILES string of the molecule is CN(C)S(=O)(=O)c1ccc(N2CCCC2)c(C(=O)OCCCOc2ccc(F)cc2)c1. The number of benzene rings is 2. The Morgan fingerprint density at radius 3 is 2.39 bits per heavy atom. The molecule has 1 aliphatic rings. The molecule has 2 aromatic rings. The molecule has 31 heavy (non-hydrogen) atoms. The van der Waals surface area contributed by atoms with Gasteiger partial charge in [-0.1, -0.05) is 0 Å². The summed E-state index contributed by atoms with van der Waals surface area (Å²) in [4.78, 5) is 14.9. The second-order valence-electron chi connectivity index (χ2n) is 7.45. The van der Waals surface area contributed by atoms with E-state index in [-0.39, 0.29) is 22.9 Å². The van der Waals surface area contributed by atoms with Crippen LogP contribution in [-0.4, -0.2) is 59.1 Å².